The summed E-state index contributed by atoms with van der Waals surface area (Å²) in [5.74, 6) is 0.960. The minimum absolute atomic E-state index is 0.00536. The summed E-state index contributed by atoms with van der Waals surface area (Å²) in [6, 6.07) is 17.5. The monoisotopic (exact) mass is 615 g/mol. The molecule has 0 radical (unpaired) electrons. The van der Waals surface area contributed by atoms with Crippen molar-refractivity contribution < 1.29 is 13.2 Å². The quantitative estimate of drug-likeness (QED) is 0.264. The Bertz CT molecular complexity index is 1760. The van der Waals surface area contributed by atoms with Crippen molar-refractivity contribution in [1.82, 2.24) is 23.6 Å². The lowest BCUT2D eigenvalue weighted by molar-refractivity contribution is 0.189. The number of carbonyl (C=O) groups excluding carboxylic acids is 1. The first kappa shape index (κ1) is 30.1. The van der Waals surface area contributed by atoms with Gasteiger partial charge < -0.3 is 9.88 Å². The van der Waals surface area contributed by atoms with Crippen LogP contribution < -0.4 is 10.6 Å². The van der Waals surface area contributed by atoms with Gasteiger partial charge in [0, 0.05) is 42.5 Å². The molecule has 2 aliphatic rings. The molecule has 2 atom stereocenters. The number of aryl methyl sites for hydroxylation is 2. The Morgan fingerprint density at radius 2 is 1.70 bits per heavy atom. The zero-order valence-electron chi connectivity index (χ0n) is 26.0. The van der Waals surface area contributed by atoms with E-state index in [1.165, 1.54) is 6.33 Å². The smallest absolute Gasteiger partial charge is 0.324 e. The minimum Gasteiger partial charge on any atom is -0.339 e. The van der Waals surface area contributed by atoms with Crippen LogP contribution in [0.15, 0.2) is 72.1 Å². The summed E-state index contributed by atoms with van der Waals surface area (Å²) in [5, 5.41) is 10.9. The van der Waals surface area contributed by atoms with Crippen LogP contribution in [0, 0.1) is 12.8 Å². The SMILES string of the molecule is Cc1ccc(-n2nc(C(C)(C)C)cc2NC(=O)Nc2cccc(CC3CC4CCC(C3)N4S(=O)(=O)c3cn(C)cn3)c2)cc1. The fourth-order valence-corrected chi connectivity index (χ4v) is 8.41. The maximum atomic E-state index is 13.4. The molecule has 2 saturated heterocycles. The van der Waals surface area contributed by atoms with Gasteiger partial charge in [-0.15, -0.1) is 0 Å². The summed E-state index contributed by atoms with van der Waals surface area (Å²) in [6.07, 6.45) is 7.34. The number of nitrogens with zero attached hydrogens (tertiary/aromatic N) is 5. The maximum absolute atomic E-state index is 13.4. The highest BCUT2D eigenvalue weighted by molar-refractivity contribution is 7.89. The topological polar surface area (TPSA) is 114 Å². The van der Waals surface area contributed by atoms with Crippen LogP contribution in [0.2, 0.25) is 0 Å². The van der Waals surface area contributed by atoms with Crippen LogP contribution in [0.25, 0.3) is 5.69 Å². The van der Waals surface area contributed by atoms with Gasteiger partial charge in [-0.1, -0.05) is 50.6 Å². The van der Waals surface area contributed by atoms with Gasteiger partial charge in [-0.05, 0) is 74.8 Å². The summed E-state index contributed by atoms with van der Waals surface area (Å²) in [4.78, 5) is 17.3. The van der Waals surface area contributed by atoms with Gasteiger partial charge in [0.25, 0.3) is 10.0 Å². The van der Waals surface area contributed by atoms with Crippen LogP contribution in [-0.2, 0) is 28.9 Å². The maximum Gasteiger partial charge on any atom is 0.324 e. The van der Waals surface area contributed by atoms with E-state index in [9.17, 15) is 13.2 Å². The number of benzene rings is 2. The average molecular weight is 616 g/mol. The molecule has 2 aromatic heterocycles. The highest BCUT2D eigenvalue weighted by Crippen LogP contribution is 2.43. The Kier molecular flexibility index (Phi) is 7.87. The Labute approximate surface area is 259 Å². The number of urea groups is 1. The van der Waals surface area contributed by atoms with Crippen LogP contribution in [0.4, 0.5) is 16.3 Å². The number of nitrogens with one attached hydrogen (secondary N) is 2. The molecular formula is C33H41N7O3S. The van der Waals surface area contributed by atoms with Gasteiger partial charge in [-0.2, -0.15) is 9.40 Å². The zero-order valence-corrected chi connectivity index (χ0v) is 26.8. The molecule has 10 nitrogen and oxygen atoms in total. The van der Waals surface area contributed by atoms with E-state index in [1.54, 1.807) is 26.8 Å². The summed E-state index contributed by atoms with van der Waals surface area (Å²) < 4.78 is 31.9. The zero-order chi connectivity index (χ0) is 31.2. The molecule has 4 aromatic rings. The number of rotatable bonds is 7. The van der Waals surface area contributed by atoms with Crippen LogP contribution in [-0.4, -0.2) is 50.2 Å². The van der Waals surface area contributed by atoms with E-state index in [1.807, 2.05) is 55.5 Å². The molecular weight excluding hydrogens is 574 g/mol. The first-order chi connectivity index (χ1) is 20.9. The Balaban J connectivity index is 1.12. The van der Waals surface area contributed by atoms with Crippen LogP contribution in [0.5, 0.6) is 0 Å². The number of fused-ring (bicyclic) bond motifs is 2. The number of hydrogen-bond acceptors (Lipinski definition) is 5. The molecule has 2 N–H and O–H groups in total. The van der Waals surface area contributed by atoms with Crippen molar-refractivity contribution in [3.8, 4) is 5.69 Å². The Morgan fingerprint density at radius 3 is 2.34 bits per heavy atom. The third kappa shape index (κ3) is 6.16. The first-order valence-electron chi connectivity index (χ1n) is 15.2. The van der Waals surface area contributed by atoms with E-state index < -0.39 is 10.0 Å². The largest absolute Gasteiger partial charge is 0.339 e. The highest BCUT2D eigenvalue weighted by Gasteiger charge is 2.47. The number of piperidine rings is 1. The summed E-state index contributed by atoms with van der Waals surface area (Å²) in [7, 11) is -1.83. The molecule has 0 aliphatic carbocycles. The lowest BCUT2D eigenvalue weighted by Gasteiger charge is -2.37. The molecule has 2 unspecified atom stereocenters. The number of carbonyl (C=O) groups is 1. The summed E-state index contributed by atoms with van der Waals surface area (Å²) >= 11 is 0. The van der Waals surface area contributed by atoms with Gasteiger partial charge in [0.1, 0.15) is 5.82 Å². The first-order valence-corrected chi connectivity index (χ1v) is 16.7. The van der Waals surface area contributed by atoms with Gasteiger partial charge in [0.2, 0.25) is 0 Å². The molecule has 0 saturated carbocycles. The van der Waals surface area contributed by atoms with Crippen molar-refractivity contribution in [1.29, 1.82) is 0 Å². The minimum atomic E-state index is -3.61. The third-order valence-electron chi connectivity index (χ3n) is 8.69. The molecule has 4 heterocycles. The van der Waals surface area contributed by atoms with Gasteiger partial charge >= 0.3 is 6.03 Å². The van der Waals surface area contributed by atoms with E-state index in [4.69, 9.17) is 5.10 Å². The number of anilines is 2. The van der Waals surface area contributed by atoms with Gasteiger partial charge in [0.15, 0.2) is 5.03 Å². The number of imidazole rings is 1. The molecule has 2 amide bonds. The van der Waals surface area contributed by atoms with Crippen molar-refractivity contribution in [2.45, 2.75) is 82.3 Å². The summed E-state index contributed by atoms with van der Waals surface area (Å²) in [6.45, 7) is 8.33. The molecule has 2 bridgehead atoms. The predicted octanol–water partition coefficient (Wildman–Crippen LogP) is 6.03. The number of sulfonamides is 1. The predicted molar refractivity (Wildman–Crippen MR) is 172 cm³/mol. The van der Waals surface area contributed by atoms with Crippen molar-refractivity contribution in [3.63, 3.8) is 0 Å². The van der Waals surface area contributed by atoms with Gasteiger partial charge in [-0.3, -0.25) is 5.32 Å². The van der Waals surface area contributed by atoms with E-state index in [0.717, 1.165) is 54.6 Å². The number of amides is 2. The van der Waals surface area contributed by atoms with Crippen LogP contribution >= 0.6 is 0 Å². The molecule has 44 heavy (non-hydrogen) atoms. The molecule has 232 valence electrons. The normalized spacial score (nSPS) is 20.5. The van der Waals surface area contributed by atoms with Crippen LogP contribution in [0.1, 0.15) is 63.3 Å². The molecule has 2 fully saturated rings. The van der Waals surface area contributed by atoms with E-state index in [0.29, 0.717) is 17.4 Å². The molecule has 2 aromatic carbocycles. The second kappa shape index (κ2) is 11.5. The highest BCUT2D eigenvalue weighted by atomic mass is 32.2. The van der Waals surface area contributed by atoms with Crippen molar-refractivity contribution in [3.05, 3.63) is 83.9 Å². The second-order valence-electron chi connectivity index (χ2n) is 13.3. The third-order valence-corrected chi connectivity index (χ3v) is 10.6. The van der Waals surface area contributed by atoms with E-state index in [2.05, 4.69) is 42.5 Å². The molecule has 11 heteroatoms. The van der Waals surface area contributed by atoms with E-state index >= 15 is 0 Å². The van der Waals surface area contributed by atoms with Crippen LogP contribution in [0.3, 0.4) is 0 Å². The van der Waals surface area contributed by atoms with Crippen molar-refractivity contribution in [2.24, 2.45) is 13.0 Å². The average Bonchev–Trinajstić information content (AvgIpc) is 3.66. The Morgan fingerprint density at radius 1 is 1.00 bits per heavy atom. The number of aromatic nitrogens is 4. The lowest BCUT2D eigenvalue weighted by Crippen LogP contribution is -2.46. The fourth-order valence-electron chi connectivity index (χ4n) is 6.54. The van der Waals surface area contributed by atoms with Gasteiger partial charge in [-0.25, -0.2) is 22.9 Å². The number of hydrogen-bond donors (Lipinski definition) is 2. The van der Waals surface area contributed by atoms with Crippen molar-refractivity contribution in [2.75, 3.05) is 10.6 Å². The Hall–Kier alpha value is -3.96. The van der Waals surface area contributed by atoms with Gasteiger partial charge in [0.05, 0.1) is 17.7 Å². The fraction of sp³-hybridized carbons (Fsp3) is 0.424. The lowest BCUT2D eigenvalue weighted by atomic mass is 9.87. The molecule has 6 rings (SSSR count). The molecule has 2 aliphatic heterocycles. The van der Waals surface area contributed by atoms with E-state index in [-0.39, 0.29) is 28.6 Å². The standard InChI is InChI=1S/C33H41N7O3S/c1-22-9-11-26(12-10-22)39-30(19-29(37-39)33(2,3)4)36-32(41)35-25-8-6-7-23(16-25)15-24-17-27-13-14-28(18-24)40(27)44(42,43)31-20-38(5)21-34-31/h6-12,16,19-21,24,27-28H,13-15,17-18H2,1-5H3,(H2,35,36,41). The molecule has 0 spiro atoms. The second-order valence-corrected chi connectivity index (χ2v) is 15.1. The van der Waals surface area contributed by atoms with Crippen molar-refractivity contribution >= 4 is 27.6 Å². The summed E-state index contributed by atoms with van der Waals surface area (Å²) in [5.41, 5.74) is 4.54.